The zero-order chi connectivity index (χ0) is 26.9. The van der Waals surface area contributed by atoms with E-state index in [9.17, 15) is 0 Å². The van der Waals surface area contributed by atoms with Gasteiger partial charge in [0.2, 0.25) is 6.71 Å². The van der Waals surface area contributed by atoms with Crippen molar-refractivity contribution in [3.8, 4) is 33.4 Å². The zero-order valence-electron chi connectivity index (χ0n) is 22.5. The van der Waals surface area contributed by atoms with E-state index in [2.05, 4.69) is 152 Å². The Morgan fingerprint density at radius 3 is 1.68 bits per heavy atom. The molecular formula is C40H25B. The van der Waals surface area contributed by atoms with E-state index in [1.165, 1.54) is 82.1 Å². The summed E-state index contributed by atoms with van der Waals surface area (Å²) in [6, 6.07) is 56.2. The quantitative estimate of drug-likeness (QED) is 0.163. The van der Waals surface area contributed by atoms with Crippen LogP contribution >= 0.6 is 0 Å². The van der Waals surface area contributed by atoms with E-state index in [1.54, 1.807) is 0 Å². The van der Waals surface area contributed by atoms with Crippen molar-refractivity contribution in [1.29, 1.82) is 0 Å². The monoisotopic (exact) mass is 516 g/mol. The van der Waals surface area contributed by atoms with Crippen LogP contribution in [0, 0.1) is 0 Å². The SMILES string of the molecule is c1ccc(B2c3ccccc3-c3ccc4ccc5c(-c6ccccc6)cc(-c6ccccc6)c6cc2c3c4c56)cc1. The van der Waals surface area contributed by atoms with Crippen molar-refractivity contribution >= 4 is 55.4 Å². The largest absolute Gasteiger partial charge is 0.242 e. The fourth-order valence-electron chi connectivity index (χ4n) is 7.37. The lowest BCUT2D eigenvalue weighted by Crippen LogP contribution is -2.54. The molecule has 41 heavy (non-hydrogen) atoms. The van der Waals surface area contributed by atoms with Crippen LogP contribution < -0.4 is 16.4 Å². The van der Waals surface area contributed by atoms with Gasteiger partial charge in [-0.2, -0.15) is 0 Å². The molecule has 0 unspecified atom stereocenters. The third-order valence-electron chi connectivity index (χ3n) is 9.09. The summed E-state index contributed by atoms with van der Waals surface area (Å²) in [6.45, 7) is 0.173. The van der Waals surface area contributed by atoms with Crippen molar-refractivity contribution < 1.29 is 0 Å². The summed E-state index contributed by atoms with van der Waals surface area (Å²) in [7, 11) is 0. The Morgan fingerprint density at radius 1 is 0.341 bits per heavy atom. The smallest absolute Gasteiger partial charge is 0.0686 e. The minimum absolute atomic E-state index is 0.173. The molecule has 0 bridgehead atoms. The highest BCUT2D eigenvalue weighted by atomic mass is 14.2. The molecule has 0 aromatic heterocycles. The summed E-state index contributed by atoms with van der Waals surface area (Å²) in [5.74, 6) is 0. The van der Waals surface area contributed by atoms with Crippen molar-refractivity contribution in [1.82, 2.24) is 0 Å². The molecule has 0 spiro atoms. The van der Waals surface area contributed by atoms with Crippen LogP contribution in [-0.2, 0) is 0 Å². The minimum atomic E-state index is 0.173. The molecule has 0 radical (unpaired) electrons. The molecule has 0 amide bonds. The zero-order valence-corrected chi connectivity index (χ0v) is 22.5. The second kappa shape index (κ2) is 8.68. The summed E-state index contributed by atoms with van der Waals surface area (Å²) < 4.78 is 0. The second-order valence-electron chi connectivity index (χ2n) is 11.2. The van der Waals surface area contributed by atoms with Crippen molar-refractivity contribution in [3.63, 3.8) is 0 Å². The third kappa shape index (κ3) is 3.24. The van der Waals surface area contributed by atoms with Gasteiger partial charge in [-0.15, -0.1) is 0 Å². The first-order chi connectivity index (χ1) is 20.4. The maximum Gasteiger partial charge on any atom is 0.242 e. The number of benzene rings is 8. The molecule has 0 saturated carbocycles. The first-order valence-electron chi connectivity index (χ1n) is 14.4. The molecule has 0 atom stereocenters. The molecule has 1 aliphatic heterocycles. The van der Waals surface area contributed by atoms with E-state index >= 15 is 0 Å². The van der Waals surface area contributed by atoms with E-state index in [0.29, 0.717) is 0 Å². The average molecular weight is 516 g/mol. The summed E-state index contributed by atoms with van der Waals surface area (Å²) >= 11 is 0. The number of hydrogen-bond acceptors (Lipinski definition) is 0. The van der Waals surface area contributed by atoms with Crippen molar-refractivity contribution in [2.24, 2.45) is 0 Å². The number of fused-ring (bicyclic) bond motifs is 2. The highest BCUT2D eigenvalue weighted by Crippen LogP contribution is 2.46. The van der Waals surface area contributed by atoms with E-state index in [4.69, 9.17) is 0 Å². The van der Waals surface area contributed by atoms with Crippen molar-refractivity contribution in [2.45, 2.75) is 0 Å². The molecule has 0 saturated heterocycles. The standard InChI is InChI=1S/C40H25B/c1-4-12-26(13-5-1)33-24-34(27-14-6-2-7-15-27)35-25-37-40-31(22-20-28-21-23-32(33)39(35)38(28)40)30-18-10-11-19-36(30)41(37)29-16-8-3-9-17-29/h1-25H. The van der Waals surface area contributed by atoms with Crippen LogP contribution in [0.1, 0.15) is 0 Å². The van der Waals surface area contributed by atoms with Gasteiger partial charge in [0, 0.05) is 0 Å². The Hall–Kier alpha value is -5.14. The summed E-state index contributed by atoms with van der Waals surface area (Å²) in [5, 5.41) is 8.11. The molecule has 8 aromatic carbocycles. The van der Waals surface area contributed by atoms with Gasteiger partial charge in [-0.25, -0.2) is 0 Å². The fraction of sp³-hybridized carbons (Fsp3) is 0. The first-order valence-corrected chi connectivity index (χ1v) is 14.4. The van der Waals surface area contributed by atoms with E-state index in [0.717, 1.165) is 0 Å². The predicted molar refractivity (Wildman–Crippen MR) is 178 cm³/mol. The Labute approximate surface area is 240 Å². The van der Waals surface area contributed by atoms with Gasteiger partial charge in [-0.05, 0) is 71.8 Å². The van der Waals surface area contributed by atoms with Gasteiger partial charge in [0.15, 0.2) is 0 Å². The minimum Gasteiger partial charge on any atom is -0.0686 e. The van der Waals surface area contributed by atoms with Crippen molar-refractivity contribution in [3.05, 3.63) is 152 Å². The van der Waals surface area contributed by atoms with Gasteiger partial charge in [-0.1, -0.05) is 162 Å². The maximum atomic E-state index is 2.53. The van der Waals surface area contributed by atoms with Crippen molar-refractivity contribution in [2.75, 3.05) is 0 Å². The van der Waals surface area contributed by atoms with Gasteiger partial charge >= 0.3 is 0 Å². The third-order valence-corrected chi connectivity index (χ3v) is 9.09. The highest BCUT2D eigenvalue weighted by Gasteiger charge is 2.33. The molecule has 8 aromatic rings. The molecule has 9 rings (SSSR count). The lowest BCUT2D eigenvalue weighted by Gasteiger charge is -2.30. The van der Waals surface area contributed by atoms with Gasteiger partial charge < -0.3 is 0 Å². The molecule has 0 nitrogen and oxygen atoms in total. The molecule has 1 aliphatic rings. The second-order valence-corrected chi connectivity index (χ2v) is 11.2. The molecule has 0 aliphatic carbocycles. The summed E-state index contributed by atoms with van der Waals surface area (Å²) in [4.78, 5) is 0. The van der Waals surface area contributed by atoms with Crippen LogP contribution in [0.4, 0.5) is 0 Å². The number of hydrogen-bond donors (Lipinski definition) is 0. The summed E-state index contributed by atoms with van der Waals surface area (Å²) in [6.07, 6.45) is 0. The molecule has 188 valence electrons. The average Bonchev–Trinajstić information content (AvgIpc) is 3.05. The Morgan fingerprint density at radius 2 is 0.951 bits per heavy atom. The topological polar surface area (TPSA) is 0 Å². The summed E-state index contributed by atoms with van der Waals surface area (Å²) in [5.41, 5.74) is 11.9. The normalized spacial score (nSPS) is 12.3. The molecule has 1 heteroatoms. The fourth-order valence-corrected chi connectivity index (χ4v) is 7.37. The lowest BCUT2D eigenvalue weighted by atomic mass is 9.33. The van der Waals surface area contributed by atoms with Crippen LogP contribution in [0.5, 0.6) is 0 Å². The van der Waals surface area contributed by atoms with E-state index < -0.39 is 0 Å². The van der Waals surface area contributed by atoms with Gasteiger partial charge in [-0.3, -0.25) is 0 Å². The van der Waals surface area contributed by atoms with Gasteiger partial charge in [0.1, 0.15) is 0 Å². The van der Waals surface area contributed by atoms with E-state index in [1.807, 2.05) is 0 Å². The first kappa shape index (κ1) is 22.7. The van der Waals surface area contributed by atoms with Crippen LogP contribution in [0.15, 0.2) is 152 Å². The number of rotatable bonds is 3. The lowest BCUT2D eigenvalue weighted by molar-refractivity contribution is 1.63. The molecule has 1 heterocycles. The highest BCUT2D eigenvalue weighted by molar-refractivity contribution is 6.98. The Balaban J connectivity index is 1.52. The molecule has 0 fully saturated rings. The maximum absolute atomic E-state index is 2.53. The molecule has 0 N–H and O–H groups in total. The van der Waals surface area contributed by atoms with Gasteiger partial charge in [0.25, 0.3) is 0 Å². The molecular weight excluding hydrogens is 491 g/mol. The van der Waals surface area contributed by atoms with Crippen LogP contribution in [0.2, 0.25) is 0 Å². The van der Waals surface area contributed by atoms with Gasteiger partial charge in [0.05, 0.1) is 0 Å². The Bertz CT molecular complexity index is 2230. The predicted octanol–water partition coefficient (Wildman–Crippen LogP) is 8.41. The van der Waals surface area contributed by atoms with E-state index in [-0.39, 0.29) is 6.71 Å². The Kier molecular flexibility index (Phi) is 4.80. The van der Waals surface area contributed by atoms with Crippen LogP contribution in [-0.4, -0.2) is 6.71 Å². The van der Waals surface area contributed by atoms with Crippen LogP contribution in [0.25, 0.3) is 65.7 Å². The van der Waals surface area contributed by atoms with Crippen LogP contribution in [0.3, 0.4) is 0 Å².